The zero-order valence-electron chi connectivity index (χ0n) is 21.0. The van der Waals surface area contributed by atoms with Crippen molar-refractivity contribution in [2.24, 2.45) is 0 Å². The van der Waals surface area contributed by atoms with Crippen LogP contribution in [-0.4, -0.2) is 49.3 Å². The van der Waals surface area contributed by atoms with Crippen molar-refractivity contribution >= 4 is 10.9 Å². The number of likely N-dealkylation sites (N-methyl/N-ethyl adjacent to an activating group) is 1. The Morgan fingerprint density at radius 2 is 1.89 bits per heavy atom. The smallest absolute Gasteiger partial charge is 0.161 e. The minimum Gasteiger partial charge on any atom is -0.504 e. The Bertz CT molecular complexity index is 1330. The van der Waals surface area contributed by atoms with Crippen LogP contribution in [0.3, 0.4) is 0 Å². The Kier molecular flexibility index (Phi) is 4.56. The molecule has 3 aromatic rings. The second kappa shape index (κ2) is 7.40. The maximum Gasteiger partial charge on any atom is 0.161 e. The van der Waals surface area contributed by atoms with E-state index in [1.54, 1.807) is 14.2 Å². The fraction of sp³-hybridized carbons (Fsp3) is 0.517. The molecule has 1 aromatic heterocycles. The summed E-state index contributed by atoms with van der Waals surface area (Å²) in [6, 6.07) is 8.87. The third kappa shape index (κ3) is 2.84. The molecule has 1 unspecified atom stereocenters. The number of nitrogens with zero attached hydrogens (tertiary/aromatic N) is 1. The molecule has 1 atom stereocenters. The number of rotatable bonds is 2. The number of benzene rings is 2. The van der Waals surface area contributed by atoms with Gasteiger partial charge in [-0.15, -0.1) is 0 Å². The van der Waals surface area contributed by atoms with E-state index < -0.39 is 0 Å². The van der Waals surface area contributed by atoms with Crippen molar-refractivity contribution in [1.82, 2.24) is 15.2 Å². The summed E-state index contributed by atoms with van der Waals surface area (Å²) in [7, 11) is 5.66. The Labute approximate surface area is 206 Å². The van der Waals surface area contributed by atoms with Crippen LogP contribution in [0.15, 0.2) is 24.3 Å². The van der Waals surface area contributed by atoms with E-state index in [4.69, 9.17) is 9.47 Å². The lowest BCUT2D eigenvalue weighted by Crippen LogP contribution is -2.51. The summed E-state index contributed by atoms with van der Waals surface area (Å²) in [4.78, 5) is 6.31. The molecule has 7 rings (SSSR count). The van der Waals surface area contributed by atoms with Crippen LogP contribution < -0.4 is 14.8 Å². The highest BCUT2D eigenvalue weighted by atomic mass is 16.5. The number of aromatic amines is 1. The largest absolute Gasteiger partial charge is 0.504 e. The van der Waals surface area contributed by atoms with Crippen molar-refractivity contribution in [1.29, 1.82) is 0 Å². The quantitative estimate of drug-likeness (QED) is 0.504. The van der Waals surface area contributed by atoms with Gasteiger partial charge in [0.25, 0.3) is 0 Å². The number of hydrogen-bond acceptors (Lipinski definition) is 5. The van der Waals surface area contributed by atoms with Gasteiger partial charge in [-0.2, -0.15) is 0 Å². The van der Waals surface area contributed by atoms with Gasteiger partial charge < -0.3 is 24.9 Å². The van der Waals surface area contributed by atoms with E-state index in [2.05, 4.69) is 40.4 Å². The number of ether oxygens (including phenoxy) is 2. The van der Waals surface area contributed by atoms with Crippen LogP contribution in [0.25, 0.3) is 10.9 Å². The third-order valence-electron chi connectivity index (χ3n) is 9.82. The van der Waals surface area contributed by atoms with Crippen LogP contribution in [0.5, 0.6) is 17.2 Å². The van der Waals surface area contributed by atoms with Crippen molar-refractivity contribution in [3.63, 3.8) is 0 Å². The predicted molar refractivity (Wildman–Crippen MR) is 137 cm³/mol. The predicted octanol–water partition coefficient (Wildman–Crippen LogP) is 4.68. The van der Waals surface area contributed by atoms with Crippen molar-refractivity contribution in [2.45, 2.75) is 61.9 Å². The van der Waals surface area contributed by atoms with Gasteiger partial charge in [-0.1, -0.05) is 0 Å². The van der Waals surface area contributed by atoms with Gasteiger partial charge in [-0.3, -0.25) is 4.90 Å². The zero-order valence-corrected chi connectivity index (χ0v) is 21.0. The monoisotopic (exact) mass is 473 g/mol. The van der Waals surface area contributed by atoms with Crippen molar-refractivity contribution < 1.29 is 14.6 Å². The van der Waals surface area contributed by atoms with Crippen LogP contribution in [0.4, 0.5) is 0 Å². The zero-order chi connectivity index (χ0) is 23.9. The summed E-state index contributed by atoms with van der Waals surface area (Å²) in [6.07, 6.45) is 7.41. The maximum absolute atomic E-state index is 11.4. The molecule has 35 heavy (non-hydrogen) atoms. The van der Waals surface area contributed by atoms with E-state index in [0.29, 0.717) is 17.5 Å². The van der Waals surface area contributed by atoms with Gasteiger partial charge in [0.1, 0.15) is 5.75 Å². The number of nitrogens with one attached hydrogen (secondary N) is 2. The molecule has 0 radical (unpaired) electrons. The van der Waals surface area contributed by atoms with E-state index >= 15 is 0 Å². The number of H-pyrrole nitrogens is 1. The molecule has 2 aliphatic carbocycles. The average molecular weight is 474 g/mol. The van der Waals surface area contributed by atoms with Crippen LogP contribution in [-0.2, 0) is 23.8 Å². The summed E-state index contributed by atoms with van der Waals surface area (Å²) < 4.78 is 11.2. The van der Waals surface area contributed by atoms with Crippen LogP contribution in [0, 0.1) is 0 Å². The van der Waals surface area contributed by atoms with E-state index in [9.17, 15) is 5.11 Å². The summed E-state index contributed by atoms with van der Waals surface area (Å²) in [5.74, 6) is 1.94. The third-order valence-corrected chi connectivity index (χ3v) is 9.82. The average Bonchev–Trinajstić information content (AvgIpc) is 3.43. The molecule has 6 heteroatoms. The van der Waals surface area contributed by atoms with E-state index in [1.165, 1.54) is 38.9 Å². The van der Waals surface area contributed by atoms with E-state index in [1.807, 2.05) is 6.07 Å². The minimum absolute atomic E-state index is 0.00570. The molecular formula is C29H35N3O3. The normalized spacial score (nSPS) is 29.5. The van der Waals surface area contributed by atoms with Crippen LogP contribution >= 0.6 is 0 Å². The first-order chi connectivity index (χ1) is 17.0. The van der Waals surface area contributed by atoms with Gasteiger partial charge >= 0.3 is 0 Å². The van der Waals surface area contributed by atoms with Gasteiger partial charge in [0, 0.05) is 46.7 Å². The first-order valence-corrected chi connectivity index (χ1v) is 13.1. The molecule has 0 amide bonds. The molecule has 3 N–H and O–H groups in total. The lowest BCUT2D eigenvalue weighted by atomic mass is 9.62. The highest BCUT2D eigenvalue weighted by Crippen LogP contribution is 2.62. The number of aromatic hydroxyl groups is 1. The molecule has 6 nitrogen and oxygen atoms in total. The van der Waals surface area contributed by atoms with Gasteiger partial charge in [0.15, 0.2) is 11.5 Å². The molecular weight excluding hydrogens is 438 g/mol. The second-order valence-electron chi connectivity index (χ2n) is 11.3. The molecule has 184 valence electrons. The Hall–Kier alpha value is -2.70. The van der Waals surface area contributed by atoms with Gasteiger partial charge in [-0.25, -0.2) is 0 Å². The molecule has 0 bridgehead atoms. The van der Waals surface area contributed by atoms with Crippen molar-refractivity contribution in [3.8, 4) is 17.2 Å². The Morgan fingerprint density at radius 3 is 2.66 bits per heavy atom. The second-order valence-corrected chi connectivity index (χ2v) is 11.3. The molecule has 0 saturated heterocycles. The number of phenolic OH excluding ortho intramolecular Hbond substituents is 1. The van der Waals surface area contributed by atoms with E-state index in [0.717, 1.165) is 63.8 Å². The van der Waals surface area contributed by atoms with Gasteiger partial charge in [0.2, 0.25) is 0 Å². The summed E-state index contributed by atoms with van der Waals surface area (Å²) >= 11 is 0. The van der Waals surface area contributed by atoms with Gasteiger partial charge in [-0.05, 0) is 92.9 Å². The number of hydrogen-bond donors (Lipinski definition) is 3. The SMILES string of the molecule is COc1ccc2[nH]c3c(c2c1)CCNC31CCC2(CC1)CC1c3c(cc(OC)c(O)c32)CCN1C. The Balaban J connectivity index is 1.29. The van der Waals surface area contributed by atoms with Crippen LogP contribution in [0.1, 0.15) is 66.1 Å². The van der Waals surface area contributed by atoms with E-state index in [-0.39, 0.29) is 11.0 Å². The Morgan fingerprint density at radius 1 is 1.06 bits per heavy atom. The van der Waals surface area contributed by atoms with Crippen molar-refractivity contribution in [2.75, 3.05) is 34.4 Å². The fourth-order valence-electron chi connectivity index (χ4n) is 7.97. The molecule has 4 aliphatic rings. The maximum atomic E-state index is 11.4. The molecule has 2 spiro atoms. The van der Waals surface area contributed by atoms with Gasteiger partial charge in [0.05, 0.1) is 19.8 Å². The summed E-state index contributed by atoms with van der Waals surface area (Å²) in [5, 5.41) is 16.6. The molecule has 2 aliphatic heterocycles. The lowest BCUT2D eigenvalue weighted by molar-refractivity contribution is 0.126. The molecule has 3 heterocycles. The molecule has 1 fully saturated rings. The standard InChI is InChI=1S/C29H35N3O3/c1-32-13-7-17-14-23(35-3)26(33)25-24(17)22(32)16-28(25)8-10-29(11-9-28)27-19(6-12-30-29)20-15-18(34-2)4-5-21(20)31-27/h4-5,14-15,22,30-31,33H,6-13,16H2,1-3H3. The summed E-state index contributed by atoms with van der Waals surface area (Å²) in [6.45, 7) is 2.06. The first kappa shape index (κ1) is 21.6. The molecule has 1 saturated carbocycles. The number of aromatic nitrogens is 1. The number of phenols is 1. The van der Waals surface area contributed by atoms with Crippen molar-refractivity contribution in [3.05, 3.63) is 52.2 Å². The number of fused-ring (bicyclic) bond motifs is 5. The first-order valence-electron chi connectivity index (χ1n) is 13.1. The van der Waals surface area contributed by atoms with Crippen LogP contribution in [0.2, 0.25) is 0 Å². The highest BCUT2D eigenvalue weighted by molar-refractivity contribution is 5.87. The summed E-state index contributed by atoms with van der Waals surface area (Å²) in [5.41, 5.74) is 7.94. The fourth-order valence-corrected chi connectivity index (χ4v) is 7.97. The minimum atomic E-state index is -0.0350. The molecule has 2 aromatic carbocycles. The lowest BCUT2D eigenvalue weighted by Gasteiger charge is -2.48. The number of methoxy groups -OCH3 is 2. The topological polar surface area (TPSA) is 69.8 Å². The highest BCUT2D eigenvalue weighted by Gasteiger charge is 2.54.